The highest BCUT2D eigenvalue weighted by Crippen LogP contribution is 2.40. The van der Waals surface area contributed by atoms with E-state index in [0.29, 0.717) is 11.4 Å². The maximum atomic E-state index is 13.1. The molecule has 0 aromatic heterocycles. The molecule has 0 bridgehead atoms. The summed E-state index contributed by atoms with van der Waals surface area (Å²) in [5.41, 5.74) is 0.464. The molecule has 0 spiro atoms. The van der Waals surface area contributed by atoms with Gasteiger partial charge < -0.3 is 19.5 Å². The number of ketones is 1. The lowest BCUT2D eigenvalue weighted by Gasteiger charge is -2.21. The molecule has 0 fully saturated rings. The van der Waals surface area contributed by atoms with E-state index in [0.717, 1.165) is 6.08 Å². The van der Waals surface area contributed by atoms with Gasteiger partial charge in [0.25, 0.3) is 0 Å². The molecular formula is C18H17NO6S. The van der Waals surface area contributed by atoms with Crippen molar-refractivity contribution in [2.75, 3.05) is 26.6 Å². The van der Waals surface area contributed by atoms with Crippen molar-refractivity contribution in [1.82, 2.24) is 0 Å². The Morgan fingerprint density at radius 1 is 0.846 bits per heavy atom. The van der Waals surface area contributed by atoms with Gasteiger partial charge in [-0.05, 0) is 36.4 Å². The standard InChI is InChI=1S/C18H17NO6S/c1-23-12-6-4-11(5-7-12)19-16-10-13(20)17-14(24-2)8-9-15(25-3)18(17)26(16,21)22/h4-10,19H,1-3H3. The molecule has 7 nitrogen and oxygen atoms in total. The van der Waals surface area contributed by atoms with Gasteiger partial charge in [0.1, 0.15) is 27.2 Å². The normalized spacial score (nSPS) is 14.9. The molecule has 0 saturated carbocycles. The Hall–Kier alpha value is -3.00. The molecule has 0 unspecified atom stereocenters. The fourth-order valence-electron chi connectivity index (χ4n) is 2.68. The van der Waals surface area contributed by atoms with E-state index in [-0.39, 0.29) is 27.0 Å². The summed E-state index contributed by atoms with van der Waals surface area (Å²) in [5, 5.41) is 2.55. The number of hydrogen-bond donors (Lipinski definition) is 1. The highest BCUT2D eigenvalue weighted by molar-refractivity contribution is 7.95. The second kappa shape index (κ2) is 6.72. The number of fused-ring (bicyclic) bond motifs is 1. The lowest BCUT2D eigenvalue weighted by atomic mass is 10.1. The molecule has 0 radical (unpaired) electrons. The largest absolute Gasteiger partial charge is 0.497 e. The van der Waals surface area contributed by atoms with E-state index in [1.54, 1.807) is 24.3 Å². The second-order valence-corrected chi connectivity index (χ2v) is 7.26. The molecule has 1 N–H and O–H groups in total. The zero-order chi connectivity index (χ0) is 18.9. The summed E-state index contributed by atoms with van der Waals surface area (Å²) in [6, 6.07) is 9.62. The van der Waals surface area contributed by atoms with Crippen LogP contribution in [0.3, 0.4) is 0 Å². The molecule has 136 valence electrons. The third kappa shape index (κ3) is 2.88. The summed E-state index contributed by atoms with van der Waals surface area (Å²) < 4.78 is 41.6. The maximum Gasteiger partial charge on any atom is 0.226 e. The minimum Gasteiger partial charge on any atom is -0.497 e. The summed E-state index contributed by atoms with van der Waals surface area (Å²) in [5.74, 6) is 0.399. The van der Waals surface area contributed by atoms with Crippen LogP contribution in [0.2, 0.25) is 0 Å². The molecule has 26 heavy (non-hydrogen) atoms. The molecule has 2 aromatic carbocycles. The van der Waals surface area contributed by atoms with Crippen LogP contribution >= 0.6 is 0 Å². The van der Waals surface area contributed by atoms with Crippen molar-refractivity contribution in [2.45, 2.75) is 4.90 Å². The average Bonchev–Trinajstić information content (AvgIpc) is 2.65. The van der Waals surface area contributed by atoms with Crippen LogP contribution in [0.25, 0.3) is 0 Å². The number of carbonyl (C=O) groups excluding carboxylic acids is 1. The van der Waals surface area contributed by atoms with Crippen LogP contribution in [0.15, 0.2) is 52.4 Å². The van der Waals surface area contributed by atoms with E-state index in [1.807, 2.05) is 0 Å². The SMILES string of the molecule is COc1ccc(NC2=CC(=O)c3c(OC)ccc(OC)c3S2(=O)=O)cc1. The van der Waals surface area contributed by atoms with Gasteiger partial charge in [-0.1, -0.05) is 0 Å². The number of sulfone groups is 1. The molecule has 0 amide bonds. The third-order valence-electron chi connectivity index (χ3n) is 3.95. The first-order chi connectivity index (χ1) is 12.4. The van der Waals surface area contributed by atoms with Gasteiger partial charge in [-0.15, -0.1) is 0 Å². The average molecular weight is 375 g/mol. The van der Waals surface area contributed by atoms with Crippen LogP contribution in [0, 0.1) is 0 Å². The van der Waals surface area contributed by atoms with Gasteiger partial charge in [0.15, 0.2) is 5.78 Å². The fourth-order valence-corrected chi connectivity index (χ4v) is 4.30. The van der Waals surface area contributed by atoms with Gasteiger partial charge >= 0.3 is 0 Å². The molecular weight excluding hydrogens is 358 g/mol. The van der Waals surface area contributed by atoms with Crippen LogP contribution in [0.4, 0.5) is 5.69 Å². The monoisotopic (exact) mass is 375 g/mol. The Morgan fingerprint density at radius 2 is 1.46 bits per heavy atom. The molecule has 0 saturated heterocycles. The number of anilines is 1. The first kappa shape index (κ1) is 17.8. The van der Waals surface area contributed by atoms with Crippen molar-refractivity contribution in [3.63, 3.8) is 0 Å². The Morgan fingerprint density at radius 3 is 2.04 bits per heavy atom. The molecule has 0 aliphatic carbocycles. The minimum absolute atomic E-state index is 0.0351. The molecule has 3 rings (SSSR count). The molecule has 8 heteroatoms. The molecule has 1 aliphatic rings. The van der Waals surface area contributed by atoms with E-state index in [9.17, 15) is 13.2 Å². The highest BCUT2D eigenvalue weighted by Gasteiger charge is 2.37. The number of allylic oxidation sites excluding steroid dienone is 1. The molecule has 1 heterocycles. The summed E-state index contributed by atoms with van der Waals surface area (Å²) in [6.45, 7) is 0. The quantitative estimate of drug-likeness (QED) is 0.859. The second-order valence-electron chi connectivity index (χ2n) is 5.40. The van der Waals surface area contributed by atoms with E-state index >= 15 is 0 Å². The first-order valence-electron chi connectivity index (χ1n) is 7.59. The van der Waals surface area contributed by atoms with Crippen LogP contribution in [0.1, 0.15) is 10.4 Å². The summed E-state index contributed by atoms with van der Waals surface area (Å²) in [7, 11) is 0.238. The van der Waals surface area contributed by atoms with Gasteiger partial charge in [0.05, 0.1) is 26.9 Å². The molecule has 1 aliphatic heterocycles. The third-order valence-corrected chi connectivity index (χ3v) is 5.69. The summed E-state index contributed by atoms with van der Waals surface area (Å²) in [4.78, 5) is 12.4. The van der Waals surface area contributed by atoms with Gasteiger partial charge in [-0.3, -0.25) is 4.79 Å². The minimum atomic E-state index is -4.01. The Labute approximate surface area is 151 Å². The summed E-state index contributed by atoms with van der Waals surface area (Å²) in [6.07, 6.45) is 1.05. The number of carbonyl (C=O) groups is 1. The van der Waals surface area contributed by atoms with Crippen molar-refractivity contribution in [3.05, 3.63) is 53.1 Å². The van der Waals surface area contributed by atoms with Crippen LogP contribution in [-0.4, -0.2) is 35.5 Å². The van der Waals surface area contributed by atoms with Crippen molar-refractivity contribution in [3.8, 4) is 17.2 Å². The molecule has 0 atom stereocenters. The van der Waals surface area contributed by atoms with E-state index < -0.39 is 15.6 Å². The van der Waals surface area contributed by atoms with E-state index in [2.05, 4.69) is 5.32 Å². The number of rotatable bonds is 5. The zero-order valence-electron chi connectivity index (χ0n) is 14.4. The van der Waals surface area contributed by atoms with Gasteiger partial charge in [0.2, 0.25) is 9.84 Å². The van der Waals surface area contributed by atoms with Gasteiger partial charge in [0, 0.05) is 11.8 Å². The Balaban J connectivity index is 2.10. The number of hydrogen-bond acceptors (Lipinski definition) is 7. The van der Waals surface area contributed by atoms with Crippen LogP contribution in [-0.2, 0) is 9.84 Å². The lowest BCUT2D eigenvalue weighted by molar-refractivity contribution is 0.103. The van der Waals surface area contributed by atoms with Gasteiger partial charge in [-0.2, -0.15) is 0 Å². The highest BCUT2D eigenvalue weighted by atomic mass is 32.2. The number of benzene rings is 2. The predicted molar refractivity (Wildman–Crippen MR) is 95.8 cm³/mol. The Bertz CT molecular complexity index is 993. The lowest BCUT2D eigenvalue weighted by Crippen LogP contribution is -2.23. The number of ether oxygens (including phenoxy) is 3. The van der Waals surface area contributed by atoms with E-state index in [1.165, 1.54) is 33.5 Å². The van der Waals surface area contributed by atoms with E-state index in [4.69, 9.17) is 14.2 Å². The van der Waals surface area contributed by atoms with Crippen molar-refractivity contribution in [2.24, 2.45) is 0 Å². The Kier molecular flexibility index (Phi) is 4.60. The van der Waals surface area contributed by atoms with Crippen LogP contribution < -0.4 is 19.5 Å². The number of nitrogens with one attached hydrogen (secondary N) is 1. The van der Waals surface area contributed by atoms with Crippen molar-refractivity contribution < 1.29 is 27.4 Å². The van der Waals surface area contributed by atoms with Crippen molar-refractivity contribution >= 4 is 21.3 Å². The van der Waals surface area contributed by atoms with Crippen molar-refractivity contribution in [1.29, 1.82) is 0 Å². The van der Waals surface area contributed by atoms with Crippen LogP contribution in [0.5, 0.6) is 17.2 Å². The maximum absolute atomic E-state index is 13.1. The number of methoxy groups -OCH3 is 3. The zero-order valence-corrected chi connectivity index (χ0v) is 15.2. The van der Waals surface area contributed by atoms with Gasteiger partial charge in [-0.25, -0.2) is 8.42 Å². The first-order valence-corrected chi connectivity index (χ1v) is 9.08. The molecule has 2 aromatic rings. The smallest absolute Gasteiger partial charge is 0.226 e. The fraction of sp³-hybridized carbons (Fsp3) is 0.167. The predicted octanol–water partition coefficient (Wildman–Crippen LogP) is 2.64. The summed E-state index contributed by atoms with van der Waals surface area (Å²) >= 11 is 0. The topological polar surface area (TPSA) is 90.9 Å².